The van der Waals surface area contributed by atoms with Crippen molar-refractivity contribution in [3.63, 3.8) is 0 Å². The SMILES string of the molecule is N[C@H]1CCCC[C@@H]1Cc1ccc2c(c1F)CN(C1CCC(=O)NC1=O)C2=O. The average molecular weight is 373 g/mol. The Morgan fingerprint density at radius 3 is 2.67 bits per heavy atom. The predicted molar refractivity (Wildman–Crippen MR) is 96.1 cm³/mol. The van der Waals surface area contributed by atoms with Crippen LogP contribution in [0.15, 0.2) is 12.1 Å². The normalized spacial score (nSPS) is 28.3. The zero-order valence-corrected chi connectivity index (χ0v) is 15.2. The lowest BCUT2D eigenvalue weighted by molar-refractivity contribution is -0.136. The molecular formula is C20H24FN3O3. The fraction of sp³-hybridized carbons (Fsp3) is 0.550. The third-order valence-corrected chi connectivity index (χ3v) is 6.18. The van der Waals surface area contributed by atoms with Crippen molar-refractivity contribution in [3.8, 4) is 0 Å². The van der Waals surface area contributed by atoms with Crippen LogP contribution in [0, 0.1) is 11.7 Å². The molecule has 0 bridgehead atoms. The Morgan fingerprint density at radius 1 is 1.15 bits per heavy atom. The van der Waals surface area contributed by atoms with E-state index < -0.39 is 11.9 Å². The lowest BCUT2D eigenvalue weighted by Gasteiger charge is -2.29. The number of nitrogens with zero attached hydrogens (tertiary/aromatic N) is 1. The van der Waals surface area contributed by atoms with Gasteiger partial charge in [-0.2, -0.15) is 0 Å². The molecule has 3 amide bonds. The van der Waals surface area contributed by atoms with Gasteiger partial charge in [0, 0.05) is 23.6 Å². The van der Waals surface area contributed by atoms with Gasteiger partial charge in [0.1, 0.15) is 11.9 Å². The second kappa shape index (κ2) is 7.03. The van der Waals surface area contributed by atoms with E-state index in [9.17, 15) is 14.4 Å². The van der Waals surface area contributed by atoms with Gasteiger partial charge in [-0.15, -0.1) is 0 Å². The smallest absolute Gasteiger partial charge is 0.255 e. The molecule has 6 nitrogen and oxygen atoms in total. The molecule has 0 radical (unpaired) electrons. The van der Waals surface area contributed by atoms with Gasteiger partial charge in [0.2, 0.25) is 11.8 Å². The van der Waals surface area contributed by atoms with Crippen LogP contribution in [0.2, 0.25) is 0 Å². The first-order chi connectivity index (χ1) is 13.0. The van der Waals surface area contributed by atoms with E-state index in [0.717, 1.165) is 25.7 Å². The summed E-state index contributed by atoms with van der Waals surface area (Å²) in [7, 11) is 0. The molecule has 1 unspecified atom stereocenters. The summed E-state index contributed by atoms with van der Waals surface area (Å²) in [5.41, 5.74) is 7.46. The van der Waals surface area contributed by atoms with Crippen molar-refractivity contribution in [2.24, 2.45) is 11.7 Å². The van der Waals surface area contributed by atoms with Crippen LogP contribution in [-0.4, -0.2) is 34.7 Å². The summed E-state index contributed by atoms with van der Waals surface area (Å²) in [5.74, 6) is -1.26. The number of halogens is 1. The number of fused-ring (bicyclic) bond motifs is 1. The summed E-state index contributed by atoms with van der Waals surface area (Å²) in [6, 6.07) is 2.71. The maximum atomic E-state index is 15.2. The van der Waals surface area contributed by atoms with Gasteiger partial charge in [-0.25, -0.2) is 4.39 Å². The number of amides is 3. The monoisotopic (exact) mass is 373 g/mol. The van der Waals surface area contributed by atoms with Gasteiger partial charge in [-0.1, -0.05) is 18.9 Å². The Bertz CT molecular complexity index is 810. The molecule has 0 aromatic heterocycles. The maximum Gasteiger partial charge on any atom is 0.255 e. The number of rotatable bonds is 3. The Hall–Kier alpha value is -2.28. The molecule has 2 fully saturated rings. The lowest BCUT2D eigenvalue weighted by Crippen LogP contribution is -2.52. The van der Waals surface area contributed by atoms with Crippen LogP contribution in [0.25, 0.3) is 0 Å². The second-order valence-electron chi connectivity index (χ2n) is 7.88. The molecule has 0 spiro atoms. The highest BCUT2D eigenvalue weighted by Crippen LogP contribution is 2.33. The molecule has 1 aliphatic carbocycles. The van der Waals surface area contributed by atoms with Crippen molar-refractivity contribution in [1.29, 1.82) is 0 Å². The summed E-state index contributed by atoms with van der Waals surface area (Å²) in [6.45, 7) is 0.0663. The quantitative estimate of drug-likeness (QED) is 0.788. The molecule has 144 valence electrons. The molecule has 1 saturated heterocycles. The highest BCUT2D eigenvalue weighted by atomic mass is 19.1. The lowest BCUT2D eigenvalue weighted by atomic mass is 9.81. The van der Waals surface area contributed by atoms with Crippen molar-refractivity contribution in [2.75, 3.05) is 0 Å². The minimum atomic E-state index is -0.725. The summed E-state index contributed by atoms with van der Waals surface area (Å²) in [5, 5.41) is 2.26. The average Bonchev–Trinajstić information content (AvgIpc) is 2.97. The molecule has 1 saturated carbocycles. The number of hydrogen-bond acceptors (Lipinski definition) is 4. The van der Waals surface area contributed by atoms with Crippen LogP contribution in [0.1, 0.15) is 60.0 Å². The number of benzene rings is 1. The zero-order chi connectivity index (χ0) is 19.1. The summed E-state index contributed by atoms with van der Waals surface area (Å²) < 4.78 is 15.2. The van der Waals surface area contributed by atoms with E-state index in [1.165, 1.54) is 4.90 Å². The maximum absolute atomic E-state index is 15.2. The van der Waals surface area contributed by atoms with Gasteiger partial charge >= 0.3 is 0 Å². The highest BCUT2D eigenvalue weighted by molar-refractivity contribution is 6.05. The Labute approximate surface area is 157 Å². The van der Waals surface area contributed by atoms with E-state index in [-0.39, 0.29) is 49.0 Å². The van der Waals surface area contributed by atoms with Gasteiger partial charge in [0.15, 0.2) is 0 Å². The van der Waals surface area contributed by atoms with Crippen LogP contribution >= 0.6 is 0 Å². The van der Waals surface area contributed by atoms with Crippen molar-refractivity contribution in [1.82, 2.24) is 10.2 Å². The van der Waals surface area contributed by atoms with E-state index in [1.54, 1.807) is 12.1 Å². The summed E-state index contributed by atoms with van der Waals surface area (Å²) >= 11 is 0. The van der Waals surface area contributed by atoms with Gasteiger partial charge in [0.05, 0.1) is 6.54 Å². The van der Waals surface area contributed by atoms with Crippen molar-refractivity contribution < 1.29 is 18.8 Å². The molecule has 3 atom stereocenters. The minimum Gasteiger partial charge on any atom is -0.327 e. The van der Waals surface area contributed by atoms with Crippen LogP contribution in [0.4, 0.5) is 4.39 Å². The van der Waals surface area contributed by atoms with E-state index in [0.29, 0.717) is 23.1 Å². The van der Waals surface area contributed by atoms with Crippen LogP contribution in [0.3, 0.4) is 0 Å². The molecule has 3 aliphatic rings. The molecule has 2 heterocycles. The number of carbonyl (C=O) groups is 3. The molecule has 1 aromatic rings. The first kappa shape index (κ1) is 18.1. The largest absolute Gasteiger partial charge is 0.327 e. The van der Waals surface area contributed by atoms with Crippen LogP contribution in [0.5, 0.6) is 0 Å². The fourth-order valence-electron chi connectivity index (χ4n) is 4.58. The fourth-order valence-corrected chi connectivity index (χ4v) is 4.58. The molecule has 3 N–H and O–H groups in total. The van der Waals surface area contributed by atoms with Gasteiger partial charge < -0.3 is 10.6 Å². The molecule has 1 aromatic carbocycles. The number of carbonyl (C=O) groups excluding carboxylic acids is 3. The molecule has 7 heteroatoms. The van der Waals surface area contributed by atoms with Crippen molar-refractivity contribution in [3.05, 3.63) is 34.6 Å². The third-order valence-electron chi connectivity index (χ3n) is 6.18. The Balaban J connectivity index is 1.55. The summed E-state index contributed by atoms with van der Waals surface area (Å²) in [6.07, 6.45) is 5.25. The van der Waals surface area contributed by atoms with E-state index in [4.69, 9.17) is 5.73 Å². The first-order valence-electron chi connectivity index (χ1n) is 9.66. The third kappa shape index (κ3) is 3.25. The van der Waals surface area contributed by atoms with Crippen LogP contribution in [-0.2, 0) is 22.6 Å². The van der Waals surface area contributed by atoms with Crippen molar-refractivity contribution in [2.45, 2.75) is 63.6 Å². The number of imide groups is 1. The molecular weight excluding hydrogens is 349 g/mol. The predicted octanol–water partition coefficient (Wildman–Crippen LogP) is 1.65. The number of piperidine rings is 1. The number of hydrogen-bond donors (Lipinski definition) is 2. The molecule has 27 heavy (non-hydrogen) atoms. The Morgan fingerprint density at radius 2 is 1.93 bits per heavy atom. The molecule has 2 aliphatic heterocycles. The number of nitrogens with one attached hydrogen (secondary N) is 1. The highest BCUT2D eigenvalue weighted by Gasteiger charge is 2.40. The number of nitrogens with two attached hydrogens (primary N) is 1. The van der Waals surface area contributed by atoms with E-state index in [2.05, 4.69) is 5.32 Å². The second-order valence-corrected chi connectivity index (χ2v) is 7.88. The van der Waals surface area contributed by atoms with Gasteiger partial charge in [-0.05, 0) is 43.2 Å². The summed E-state index contributed by atoms with van der Waals surface area (Å²) in [4.78, 5) is 37.5. The van der Waals surface area contributed by atoms with Gasteiger partial charge in [-0.3, -0.25) is 19.7 Å². The van der Waals surface area contributed by atoms with Crippen molar-refractivity contribution >= 4 is 17.7 Å². The Kier molecular flexibility index (Phi) is 4.72. The van der Waals surface area contributed by atoms with Crippen LogP contribution < -0.4 is 11.1 Å². The topological polar surface area (TPSA) is 92.5 Å². The van der Waals surface area contributed by atoms with E-state index in [1.807, 2.05) is 0 Å². The van der Waals surface area contributed by atoms with E-state index >= 15 is 4.39 Å². The standard InChI is InChI=1S/C20H24FN3O3/c21-18-12(9-11-3-1-2-4-15(11)22)5-6-13-14(18)10-24(20(13)27)16-7-8-17(25)23-19(16)26/h5-6,11,15-16H,1-4,7-10,22H2,(H,23,25,26)/t11-,15+,16?/m1/s1. The first-order valence-corrected chi connectivity index (χ1v) is 9.66. The zero-order valence-electron chi connectivity index (χ0n) is 15.2. The minimum absolute atomic E-state index is 0.0663. The molecule has 4 rings (SSSR count). The van der Waals surface area contributed by atoms with Gasteiger partial charge in [0.25, 0.3) is 5.91 Å².